The van der Waals surface area contributed by atoms with E-state index >= 15 is 0 Å². The normalized spacial score (nSPS) is 10.3. The number of benzene rings is 1. The summed E-state index contributed by atoms with van der Waals surface area (Å²) in [6.45, 7) is 3.99. The number of aromatic carboxylic acids is 1. The fourth-order valence-corrected chi connectivity index (χ4v) is 1.62. The van der Waals surface area contributed by atoms with Gasteiger partial charge in [-0.15, -0.1) is 0 Å². The Hall–Kier alpha value is -1.51. The molecule has 0 heterocycles. The Labute approximate surface area is 89.9 Å². The van der Waals surface area contributed by atoms with E-state index in [1.807, 2.05) is 13.0 Å². The summed E-state index contributed by atoms with van der Waals surface area (Å²) in [4.78, 5) is 10.9. The number of aryl methyl sites for hydroxylation is 2. The summed E-state index contributed by atoms with van der Waals surface area (Å²) in [5, 5.41) is 8.96. The lowest BCUT2D eigenvalue weighted by atomic mass is 9.99. The van der Waals surface area contributed by atoms with Crippen molar-refractivity contribution in [2.45, 2.75) is 33.1 Å². The number of nitrogens with two attached hydrogens (primary N) is 1. The first-order valence-electron chi connectivity index (χ1n) is 5.18. The standard InChI is InChI=1S/C12H17NO2/c1-3-4-5-9-6-8(2)7-10(11(9)13)12(14)15/h6-7H,3-5,13H2,1-2H3,(H,14,15). The number of carboxylic acids is 1. The highest BCUT2D eigenvalue weighted by atomic mass is 16.4. The maximum Gasteiger partial charge on any atom is 0.337 e. The van der Waals surface area contributed by atoms with Gasteiger partial charge in [0.15, 0.2) is 0 Å². The van der Waals surface area contributed by atoms with E-state index in [2.05, 4.69) is 6.92 Å². The predicted octanol–water partition coefficient (Wildman–Crippen LogP) is 2.62. The number of rotatable bonds is 4. The van der Waals surface area contributed by atoms with Crippen LogP contribution in [0.15, 0.2) is 12.1 Å². The third-order valence-electron chi connectivity index (χ3n) is 2.44. The molecule has 0 saturated heterocycles. The fraction of sp³-hybridized carbons (Fsp3) is 0.417. The number of unbranched alkanes of at least 4 members (excludes halogenated alkanes) is 1. The molecule has 0 radical (unpaired) electrons. The third kappa shape index (κ3) is 2.72. The molecule has 0 aliphatic heterocycles. The van der Waals surface area contributed by atoms with Gasteiger partial charge >= 0.3 is 5.97 Å². The zero-order valence-electron chi connectivity index (χ0n) is 9.21. The van der Waals surface area contributed by atoms with Crippen LogP contribution in [0.25, 0.3) is 0 Å². The number of hydrogen-bond acceptors (Lipinski definition) is 2. The predicted molar refractivity (Wildman–Crippen MR) is 61.2 cm³/mol. The van der Waals surface area contributed by atoms with Crippen LogP contribution in [-0.4, -0.2) is 11.1 Å². The fourth-order valence-electron chi connectivity index (χ4n) is 1.62. The van der Waals surface area contributed by atoms with E-state index in [9.17, 15) is 4.79 Å². The van der Waals surface area contributed by atoms with Gasteiger partial charge in [0.25, 0.3) is 0 Å². The van der Waals surface area contributed by atoms with E-state index in [0.717, 1.165) is 30.4 Å². The van der Waals surface area contributed by atoms with Gasteiger partial charge in [0.2, 0.25) is 0 Å². The molecule has 0 fully saturated rings. The van der Waals surface area contributed by atoms with Gasteiger partial charge in [0, 0.05) is 5.69 Å². The van der Waals surface area contributed by atoms with Crippen LogP contribution in [0.1, 0.15) is 41.3 Å². The summed E-state index contributed by atoms with van der Waals surface area (Å²) in [6.07, 6.45) is 2.97. The maximum atomic E-state index is 10.9. The number of nitrogen functional groups attached to an aromatic ring is 1. The molecule has 0 amide bonds. The summed E-state index contributed by atoms with van der Waals surface area (Å²) >= 11 is 0. The summed E-state index contributed by atoms with van der Waals surface area (Å²) in [5.41, 5.74) is 8.36. The molecule has 3 heteroatoms. The maximum absolute atomic E-state index is 10.9. The van der Waals surface area contributed by atoms with E-state index in [0.29, 0.717) is 5.69 Å². The van der Waals surface area contributed by atoms with E-state index in [1.165, 1.54) is 0 Å². The Morgan fingerprint density at radius 2 is 2.13 bits per heavy atom. The molecule has 0 spiro atoms. The van der Waals surface area contributed by atoms with Gasteiger partial charge in [0.1, 0.15) is 0 Å². The number of anilines is 1. The molecule has 3 nitrogen and oxygen atoms in total. The van der Waals surface area contributed by atoms with Gasteiger partial charge in [-0.2, -0.15) is 0 Å². The van der Waals surface area contributed by atoms with Crippen LogP contribution < -0.4 is 5.73 Å². The number of carboxylic acid groups (broad SMARTS) is 1. The quantitative estimate of drug-likeness (QED) is 0.746. The van der Waals surface area contributed by atoms with Crippen molar-refractivity contribution in [3.05, 3.63) is 28.8 Å². The zero-order chi connectivity index (χ0) is 11.4. The third-order valence-corrected chi connectivity index (χ3v) is 2.44. The van der Waals surface area contributed by atoms with Crippen LogP contribution in [0.3, 0.4) is 0 Å². The molecule has 0 aliphatic carbocycles. The molecule has 0 bridgehead atoms. The second-order valence-electron chi connectivity index (χ2n) is 3.79. The van der Waals surface area contributed by atoms with Crippen LogP contribution in [0.4, 0.5) is 5.69 Å². The van der Waals surface area contributed by atoms with Crippen LogP contribution in [0, 0.1) is 6.92 Å². The summed E-state index contributed by atoms with van der Waals surface area (Å²) < 4.78 is 0. The monoisotopic (exact) mass is 207 g/mol. The topological polar surface area (TPSA) is 63.3 Å². The SMILES string of the molecule is CCCCc1cc(C)cc(C(=O)O)c1N. The molecule has 1 aromatic carbocycles. The van der Waals surface area contributed by atoms with Crippen molar-refractivity contribution in [3.8, 4) is 0 Å². The highest BCUT2D eigenvalue weighted by Gasteiger charge is 2.11. The van der Waals surface area contributed by atoms with Gasteiger partial charge in [-0.3, -0.25) is 0 Å². The number of carbonyl (C=O) groups is 1. The highest BCUT2D eigenvalue weighted by molar-refractivity contribution is 5.94. The largest absolute Gasteiger partial charge is 0.478 e. The van der Waals surface area contributed by atoms with Gasteiger partial charge < -0.3 is 10.8 Å². The minimum absolute atomic E-state index is 0.223. The Kier molecular flexibility index (Phi) is 3.72. The molecule has 82 valence electrons. The van der Waals surface area contributed by atoms with Crippen molar-refractivity contribution >= 4 is 11.7 Å². The zero-order valence-corrected chi connectivity index (χ0v) is 9.21. The molecule has 0 saturated carbocycles. The first-order valence-corrected chi connectivity index (χ1v) is 5.18. The lowest BCUT2D eigenvalue weighted by Crippen LogP contribution is -2.06. The van der Waals surface area contributed by atoms with Crippen molar-refractivity contribution in [1.82, 2.24) is 0 Å². The molecular formula is C12H17NO2. The average Bonchev–Trinajstić information content (AvgIpc) is 2.18. The molecule has 0 aliphatic rings. The van der Waals surface area contributed by atoms with Crippen LogP contribution in [0.2, 0.25) is 0 Å². The molecule has 3 N–H and O–H groups in total. The van der Waals surface area contributed by atoms with Gasteiger partial charge in [-0.25, -0.2) is 4.79 Å². The summed E-state index contributed by atoms with van der Waals surface area (Å²) in [6, 6.07) is 3.59. The first-order chi connectivity index (χ1) is 7.06. The van der Waals surface area contributed by atoms with Crippen molar-refractivity contribution in [2.75, 3.05) is 5.73 Å². The van der Waals surface area contributed by atoms with Crippen molar-refractivity contribution in [2.24, 2.45) is 0 Å². The summed E-state index contributed by atoms with van der Waals surface area (Å²) in [7, 11) is 0. The molecule has 15 heavy (non-hydrogen) atoms. The second kappa shape index (κ2) is 4.82. The van der Waals surface area contributed by atoms with Gasteiger partial charge in [-0.1, -0.05) is 19.4 Å². The molecule has 1 aromatic rings. The second-order valence-corrected chi connectivity index (χ2v) is 3.79. The van der Waals surface area contributed by atoms with Crippen molar-refractivity contribution < 1.29 is 9.90 Å². The average molecular weight is 207 g/mol. The lowest BCUT2D eigenvalue weighted by molar-refractivity contribution is 0.0698. The van der Waals surface area contributed by atoms with Crippen LogP contribution in [-0.2, 0) is 6.42 Å². The van der Waals surface area contributed by atoms with Crippen molar-refractivity contribution in [1.29, 1.82) is 0 Å². The summed E-state index contributed by atoms with van der Waals surface area (Å²) in [5.74, 6) is -0.950. The molecule has 0 aromatic heterocycles. The van der Waals surface area contributed by atoms with Crippen LogP contribution >= 0.6 is 0 Å². The van der Waals surface area contributed by atoms with E-state index < -0.39 is 5.97 Å². The van der Waals surface area contributed by atoms with E-state index in [-0.39, 0.29) is 5.56 Å². The van der Waals surface area contributed by atoms with E-state index in [4.69, 9.17) is 10.8 Å². The molecule has 0 atom stereocenters. The Morgan fingerprint density at radius 1 is 1.47 bits per heavy atom. The minimum atomic E-state index is -0.950. The van der Waals surface area contributed by atoms with Crippen LogP contribution in [0.5, 0.6) is 0 Å². The molecule has 0 unspecified atom stereocenters. The molecule has 1 rings (SSSR count). The Morgan fingerprint density at radius 3 is 2.67 bits per heavy atom. The molecular weight excluding hydrogens is 190 g/mol. The Bertz CT molecular complexity index is 372. The highest BCUT2D eigenvalue weighted by Crippen LogP contribution is 2.22. The number of hydrogen-bond donors (Lipinski definition) is 2. The Balaban J connectivity index is 3.10. The lowest BCUT2D eigenvalue weighted by Gasteiger charge is -2.09. The van der Waals surface area contributed by atoms with Crippen molar-refractivity contribution in [3.63, 3.8) is 0 Å². The van der Waals surface area contributed by atoms with Gasteiger partial charge in [0.05, 0.1) is 5.56 Å². The van der Waals surface area contributed by atoms with Gasteiger partial charge in [-0.05, 0) is 37.0 Å². The van der Waals surface area contributed by atoms with E-state index in [1.54, 1.807) is 6.07 Å². The smallest absolute Gasteiger partial charge is 0.337 e. The first kappa shape index (κ1) is 11.6. The minimum Gasteiger partial charge on any atom is -0.478 e.